The van der Waals surface area contributed by atoms with Crippen molar-refractivity contribution in [2.45, 2.75) is 43.5 Å². The van der Waals surface area contributed by atoms with Crippen LogP contribution in [0.4, 0.5) is 4.39 Å². The van der Waals surface area contributed by atoms with Crippen molar-refractivity contribution in [2.75, 3.05) is 19.6 Å². The van der Waals surface area contributed by atoms with Crippen LogP contribution in [0.2, 0.25) is 5.02 Å². The Morgan fingerprint density at radius 2 is 1.88 bits per heavy atom. The van der Waals surface area contributed by atoms with Crippen LogP contribution in [0.1, 0.15) is 31.2 Å². The van der Waals surface area contributed by atoms with Gasteiger partial charge in [0.05, 0.1) is 5.02 Å². The predicted octanol–water partition coefficient (Wildman–Crippen LogP) is 3.36. The zero-order valence-corrected chi connectivity index (χ0v) is 16.0. The molecule has 1 aliphatic carbocycles. The molecule has 0 radical (unpaired) electrons. The van der Waals surface area contributed by atoms with Gasteiger partial charge >= 0.3 is 0 Å². The minimum absolute atomic E-state index is 0. The monoisotopic (exact) mass is 396 g/mol. The second kappa shape index (κ2) is 7.87. The summed E-state index contributed by atoms with van der Waals surface area (Å²) in [5.41, 5.74) is 0.286. The summed E-state index contributed by atoms with van der Waals surface area (Å²) in [4.78, 5) is 0.00227. The van der Waals surface area contributed by atoms with Gasteiger partial charge in [0.2, 0.25) is 10.0 Å². The van der Waals surface area contributed by atoms with Crippen LogP contribution in [0, 0.1) is 18.7 Å². The number of sulfonamides is 1. The molecule has 0 amide bonds. The first-order valence-corrected chi connectivity index (χ1v) is 9.89. The van der Waals surface area contributed by atoms with E-state index in [4.69, 9.17) is 11.6 Å². The van der Waals surface area contributed by atoms with E-state index in [1.54, 1.807) is 6.92 Å². The summed E-state index contributed by atoms with van der Waals surface area (Å²) in [5.74, 6) is 0.328. The highest BCUT2D eigenvalue weighted by Gasteiger charge is 2.32. The summed E-state index contributed by atoms with van der Waals surface area (Å²) < 4.78 is 40.5. The minimum atomic E-state index is -3.67. The van der Waals surface area contributed by atoms with Gasteiger partial charge in [0.25, 0.3) is 0 Å². The number of halogens is 3. The Morgan fingerprint density at radius 1 is 1.25 bits per heavy atom. The molecule has 1 saturated heterocycles. The summed E-state index contributed by atoms with van der Waals surface area (Å²) in [5, 5.41) is 3.47. The maximum Gasteiger partial charge on any atom is 0.244 e. The first-order valence-electron chi connectivity index (χ1n) is 8.07. The van der Waals surface area contributed by atoms with Crippen LogP contribution in [0.3, 0.4) is 0 Å². The number of nitrogens with one attached hydrogen (secondary N) is 1. The number of aryl methyl sites for hydroxylation is 1. The van der Waals surface area contributed by atoms with Gasteiger partial charge in [-0.05, 0) is 62.8 Å². The van der Waals surface area contributed by atoms with Gasteiger partial charge in [-0.15, -0.1) is 12.4 Å². The van der Waals surface area contributed by atoms with Crippen molar-refractivity contribution in [3.8, 4) is 0 Å². The van der Waals surface area contributed by atoms with E-state index in [0.717, 1.165) is 31.4 Å². The van der Waals surface area contributed by atoms with Crippen LogP contribution in [0.5, 0.6) is 0 Å². The van der Waals surface area contributed by atoms with Gasteiger partial charge in [-0.3, -0.25) is 0 Å². The maximum absolute atomic E-state index is 13.5. The van der Waals surface area contributed by atoms with Crippen molar-refractivity contribution in [3.63, 3.8) is 0 Å². The van der Waals surface area contributed by atoms with E-state index < -0.39 is 15.8 Å². The lowest BCUT2D eigenvalue weighted by Crippen LogP contribution is -2.45. The Balaban J connectivity index is 0.00000208. The SMILES string of the molecule is Cc1cc(S(=O)(=O)N2CCC(NCC3CC3)CC2)c(Cl)cc1F.Cl. The van der Waals surface area contributed by atoms with E-state index in [9.17, 15) is 12.8 Å². The number of hydrogen-bond acceptors (Lipinski definition) is 3. The predicted molar refractivity (Wildman–Crippen MR) is 95.9 cm³/mol. The molecule has 2 aliphatic rings. The molecule has 0 spiro atoms. The molecule has 1 N–H and O–H groups in total. The van der Waals surface area contributed by atoms with Crippen molar-refractivity contribution >= 4 is 34.0 Å². The number of nitrogens with zero attached hydrogens (tertiary/aromatic N) is 1. The Hall–Kier alpha value is -0.400. The molecule has 0 aromatic heterocycles. The van der Waals surface area contributed by atoms with E-state index in [0.29, 0.717) is 19.1 Å². The minimum Gasteiger partial charge on any atom is -0.314 e. The number of hydrogen-bond donors (Lipinski definition) is 1. The third kappa shape index (κ3) is 4.41. The van der Waals surface area contributed by atoms with Crippen LogP contribution < -0.4 is 5.32 Å². The van der Waals surface area contributed by atoms with E-state index >= 15 is 0 Å². The molecule has 2 fully saturated rings. The second-order valence-electron chi connectivity index (χ2n) is 6.56. The topological polar surface area (TPSA) is 49.4 Å². The van der Waals surface area contributed by atoms with E-state index in [2.05, 4.69) is 5.32 Å². The number of benzene rings is 1. The number of rotatable bonds is 5. The fourth-order valence-electron chi connectivity index (χ4n) is 2.92. The summed E-state index contributed by atoms with van der Waals surface area (Å²) in [7, 11) is -3.67. The molecule has 1 aliphatic heterocycles. The highest BCUT2D eigenvalue weighted by atomic mass is 35.5. The Bertz CT molecular complexity index is 688. The zero-order chi connectivity index (χ0) is 16.6. The maximum atomic E-state index is 13.5. The highest BCUT2D eigenvalue weighted by molar-refractivity contribution is 7.89. The van der Waals surface area contributed by atoms with Crippen molar-refractivity contribution in [2.24, 2.45) is 5.92 Å². The van der Waals surface area contributed by atoms with Crippen molar-refractivity contribution in [1.29, 1.82) is 0 Å². The van der Waals surface area contributed by atoms with Gasteiger partial charge in [0.1, 0.15) is 10.7 Å². The normalized spacial score (nSPS) is 20.0. The second-order valence-corrected chi connectivity index (χ2v) is 8.88. The van der Waals surface area contributed by atoms with Crippen LogP contribution in [-0.2, 0) is 10.0 Å². The third-order valence-corrected chi connectivity index (χ3v) is 7.04. The lowest BCUT2D eigenvalue weighted by molar-refractivity contribution is 0.288. The summed E-state index contributed by atoms with van der Waals surface area (Å²) in [6, 6.07) is 2.78. The summed E-state index contributed by atoms with van der Waals surface area (Å²) in [6.07, 6.45) is 4.21. The van der Waals surface area contributed by atoms with Crippen LogP contribution in [0.15, 0.2) is 17.0 Å². The van der Waals surface area contributed by atoms with Gasteiger partial charge in [-0.2, -0.15) is 4.31 Å². The van der Waals surface area contributed by atoms with Crippen molar-refractivity contribution < 1.29 is 12.8 Å². The van der Waals surface area contributed by atoms with Gasteiger partial charge < -0.3 is 5.32 Å². The first kappa shape index (κ1) is 19.9. The van der Waals surface area contributed by atoms with E-state index in [1.165, 1.54) is 23.2 Å². The third-order valence-electron chi connectivity index (χ3n) is 4.68. The van der Waals surface area contributed by atoms with Crippen LogP contribution in [0.25, 0.3) is 0 Å². The zero-order valence-electron chi connectivity index (χ0n) is 13.6. The molecule has 0 bridgehead atoms. The van der Waals surface area contributed by atoms with E-state index in [1.807, 2.05) is 0 Å². The van der Waals surface area contributed by atoms with Gasteiger partial charge in [-0.1, -0.05) is 11.6 Å². The summed E-state index contributed by atoms with van der Waals surface area (Å²) in [6.45, 7) is 3.52. The Morgan fingerprint density at radius 3 is 2.46 bits per heavy atom. The molecule has 0 atom stereocenters. The molecule has 8 heteroatoms. The van der Waals surface area contributed by atoms with Crippen LogP contribution in [-0.4, -0.2) is 38.4 Å². The largest absolute Gasteiger partial charge is 0.314 e. The molecule has 1 heterocycles. The molecule has 3 rings (SSSR count). The van der Waals surface area contributed by atoms with Crippen molar-refractivity contribution in [3.05, 3.63) is 28.5 Å². The molecule has 136 valence electrons. The molecular weight excluding hydrogens is 374 g/mol. The van der Waals surface area contributed by atoms with Gasteiger partial charge in [-0.25, -0.2) is 12.8 Å². The van der Waals surface area contributed by atoms with Gasteiger partial charge in [0.15, 0.2) is 0 Å². The molecular formula is C16H23Cl2FN2O2S. The molecule has 24 heavy (non-hydrogen) atoms. The molecule has 1 aromatic carbocycles. The van der Waals surface area contributed by atoms with Crippen LogP contribution >= 0.6 is 24.0 Å². The molecule has 1 aromatic rings. The molecule has 1 saturated carbocycles. The fourth-order valence-corrected chi connectivity index (χ4v) is 4.97. The van der Waals surface area contributed by atoms with E-state index in [-0.39, 0.29) is 27.9 Å². The quantitative estimate of drug-likeness (QED) is 0.829. The smallest absolute Gasteiger partial charge is 0.244 e. The molecule has 0 unspecified atom stereocenters. The average Bonchev–Trinajstić information content (AvgIpc) is 3.33. The Kier molecular flexibility index (Phi) is 6.53. The molecule has 4 nitrogen and oxygen atoms in total. The lowest BCUT2D eigenvalue weighted by atomic mass is 10.1. The Labute approximate surface area is 154 Å². The fraction of sp³-hybridized carbons (Fsp3) is 0.625. The highest BCUT2D eigenvalue weighted by Crippen LogP contribution is 2.30. The number of piperidine rings is 1. The lowest BCUT2D eigenvalue weighted by Gasteiger charge is -2.32. The summed E-state index contributed by atoms with van der Waals surface area (Å²) >= 11 is 5.97. The van der Waals surface area contributed by atoms with Gasteiger partial charge in [0, 0.05) is 19.1 Å². The standard InChI is InChI=1S/C16H22ClFN2O2S.ClH/c1-11-8-16(14(17)9-15(11)18)23(21,22)20-6-4-13(5-7-20)19-10-12-2-3-12;/h8-9,12-13,19H,2-7,10H2,1H3;1H. The van der Waals surface area contributed by atoms with Crippen molar-refractivity contribution in [1.82, 2.24) is 9.62 Å². The first-order chi connectivity index (χ1) is 10.9. The average molecular weight is 397 g/mol.